The molecule has 2 aromatic rings. The van der Waals surface area contributed by atoms with Crippen LogP contribution < -0.4 is 10.2 Å². The largest absolute Gasteiger partial charge is 0.444 e. The Bertz CT molecular complexity index is 757. The molecule has 2 N–H and O–H groups in total. The Morgan fingerprint density at radius 2 is 1.93 bits per heavy atom. The molecule has 3 heterocycles. The van der Waals surface area contributed by atoms with Gasteiger partial charge in [0.1, 0.15) is 17.2 Å². The summed E-state index contributed by atoms with van der Waals surface area (Å²) in [6.45, 7) is 11.1. The van der Waals surface area contributed by atoms with Gasteiger partial charge in [-0.25, -0.2) is 14.8 Å². The fourth-order valence-electron chi connectivity index (χ4n) is 2.88. The molecule has 2 aromatic heterocycles. The van der Waals surface area contributed by atoms with Crippen molar-refractivity contribution in [1.29, 1.82) is 0 Å². The lowest BCUT2D eigenvalue weighted by Gasteiger charge is -2.36. The lowest BCUT2D eigenvalue weighted by atomic mass is 10.2. The predicted octanol–water partition coefficient (Wildman–Crippen LogP) is 2.78. The first kappa shape index (κ1) is 19.0. The Morgan fingerprint density at radius 3 is 2.48 bits per heavy atom. The number of hydrogen-bond donors (Lipinski definition) is 2. The number of aryl methyl sites for hydroxylation is 1. The number of piperazine rings is 1. The van der Waals surface area contributed by atoms with Crippen LogP contribution >= 0.6 is 0 Å². The number of nitrogens with one attached hydrogen (secondary N) is 2. The quantitative estimate of drug-likeness (QED) is 0.858. The molecule has 0 atom stereocenters. The smallest absolute Gasteiger partial charge is 0.410 e. The van der Waals surface area contributed by atoms with E-state index >= 15 is 0 Å². The summed E-state index contributed by atoms with van der Waals surface area (Å²) in [4.78, 5) is 28.1. The SMILES string of the molecule is Cc1cnc(CNc2ccc(N3CCN(C(=O)OC(C)(C)C)CC3)cn2)[nH]1. The standard InChI is InChI=1S/C19H28N6O2/c1-14-11-20-17(23-14)13-22-16-6-5-15(12-21-16)24-7-9-25(10-8-24)18(26)27-19(2,3)4/h5-6,11-12H,7-10,13H2,1-4H3,(H,20,23)(H,21,22). The summed E-state index contributed by atoms with van der Waals surface area (Å²) in [6, 6.07) is 4.01. The maximum Gasteiger partial charge on any atom is 0.410 e. The van der Waals surface area contributed by atoms with Gasteiger partial charge in [-0.1, -0.05) is 0 Å². The van der Waals surface area contributed by atoms with Gasteiger partial charge in [-0.05, 0) is 39.8 Å². The molecule has 0 radical (unpaired) electrons. The van der Waals surface area contributed by atoms with Crippen molar-refractivity contribution in [2.45, 2.75) is 39.8 Å². The minimum Gasteiger partial charge on any atom is -0.444 e. The van der Waals surface area contributed by atoms with E-state index in [0.29, 0.717) is 19.6 Å². The van der Waals surface area contributed by atoms with Gasteiger partial charge in [0.15, 0.2) is 0 Å². The Morgan fingerprint density at radius 1 is 1.19 bits per heavy atom. The number of imidazole rings is 1. The van der Waals surface area contributed by atoms with Gasteiger partial charge in [0.25, 0.3) is 0 Å². The van der Waals surface area contributed by atoms with Crippen molar-refractivity contribution in [3.05, 3.63) is 36.0 Å². The van der Waals surface area contributed by atoms with Crippen LogP contribution in [-0.2, 0) is 11.3 Å². The molecule has 1 saturated heterocycles. The van der Waals surface area contributed by atoms with E-state index in [9.17, 15) is 4.79 Å². The fourth-order valence-corrected chi connectivity index (χ4v) is 2.88. The second-order valence-electron chi connectivity index (χ2n) is 7.72. The lowest BCUT2D eigenvalue weighted by Crippen LogP contribution is -2.50. The zero-order valence-electron chi connectivity index (χ0n) is 16.5. The number of pyridine rings is 1. The highest BCUT2D eigenvalue weighted by atomic mass is 16.6. The highest BCUT2D eigenvalue weighted by Gasteiger charge is 2.26. The summed E-state index contributed by atoms with van der Waals surface area (Å²) < 4.78 is 5.44. The molecule has 0 aliphatic carbocycles. The van der Waals surface area contributed by atoms with E-state index in [1.807, 2.05) is 52.2 Å². The third-order valence-electron chi connectivity index (χ3n) is 4.24. The van der Waals surface area contributed by atoms with Crippen molar-refractivity contribution >= 4 is 17.6 Å². The molecule has 3 rings (SSSR count). The first-order valence-electron chi connectivity index (χ1n) is 9.23. The topological polar surface area (TPSA) is 86.4 Å². The van der Waals surface area contributed by atoms with Crippen molar-refractivity contribution in [1.82, 2.24) is 19.9 Å². The van der Waals surface area contributed by atoms with E-state index in [1.54, 1.807) is 4.90 Å². The highest BCUT2D eigenvalue weighted by Crippen LogP contribution is 2.19. The number of amides is 1. The molecule has 0 saturated carbocycles. The Kier molecular flexibility index (Phi) is 5.53. The molecule has 0 spiro atoms. The van der Waals surface area contributed by atoms with Crippen molar-refractivity contribution in [2.24, 2.45) is 0 Å². The predicted molar refractivity (Wildman–Crippen MR) is 105 cm³/mol. The maximum absolute atomic E-state index is 12.1. The van der Waals surface area contributed by atoms with Crippen LogP contribution in [-0.4, -0.2) is 57.7 Å². The zero-order chi connectivity index (χ0) is 19.4. The Balaban J connectivity index is 1.49. The van der Waals surface area contributed by atoms with E-state index in [1.165, 1.54) is 0 Å². The van der Waals surface area contributed by atoms with Gasteiger partial charge in [0.2, 0.25) is 0 Å². The molecule has 1 amide bonds. The fraction of sp³-hybridized carbons (Fsp3) is 0.526. The summed E-state index contributed by atoms with van der Waals surface area (Å²) in [7, 11) is 0. The molecule has 8 heteroatoms. The van der Waals surface area contributed by atoms with Gasteiger partial charge in [-0.3, -0.25) is 0 Å². The number of rotatable bonds is 4. The minimum absolute atomic E-state index is 0.243. The zero-order valence-corrected chi connectivity index (χ0v) is 16.5. The molecular formula is C19H28N6O2. The summed E-state index contributed by atoms with van der Waals surface area (Å²) in [6.07, 6.45) is 3.43. The highest BCUT2D eigenvalue weighted by molar-refractivity contribution is 5.68. The van der Waals surface area contributed by atoms with Crippen LogP contribution in [0.5, 0.6) is 0 Å². The average molecular weight is 372 g/mol. The molecule has 1 fully saturated rings. The number of hydrogen-bond acceptors (Lipinski definition) is 6. The lowest BCUT2D eigenvalue weighted by molar-refractivity contribution is 0.0240. The molecule has 1 aliphatic heterocycles. The summed E-state index contributed by atoms with van der Waals surface area (Å²) >= 11 is 0. The van der Waals surface area contributed by atoms with E-state index < -0.39 is 5.60 Å². The second kappa shape index (κ2) is 7.85. The van der Waals surface area contributed by atoms with Crippen LogP contribution in [0.25, 0.3) is 0 Å². The van der Waals surface area contributed by atoms with E-state index in [0.717, 1.165) is 36.1 Å². The summed E-state index contributed by atoms with van der Waals surface area (Å²) in [5.74, 6) is 1.69. The van der Waals surface area contributed by atoms with Crippen molar-refractivity contribution in [2.75, 3.05) is 36.4 Å². The Hall–Kier alpha value is -2.77. The number of H-pyrrole nitrogens is 1. The van der Waals surface area contributed by atoms with Gasteiger partial charge in [-0.2, -0.15) is 0 Å². The maximum atomic E-state index is 12.1. The average Bonchev–Trinajstić information content (AvgIpc) is 3.04. The van der Waals surface area contributed by atoms with Crippen LogP contribution in [0.2, 0.25) is 0 Å². The van der Waals surface area contributed by atoms with Crippen LogP contribution in [0.3, 0.4) is 0 Å². The monoisotopic (exact) mass is 372 g/mol. The molecular weight excluding hydrogens is 344 g/mol. The number of aromatic amines is 1. The number of anilines is 2. The van der Waals surface area contributed by atoms with Crippen LogP contribution in [0.15, 0.2) is 24.5 Å². The van der Waals surface area contributed by atoms with E-state index in [2.05, 4.69) is 25.2 Å². The molecule has 8 nitrogen and oxygen atoms in total. The van der Waals surface area contributed by atoms with Gasteiger partial charge >= 0.3 is 6.09 Å². The number of aromatic nitrogens is 3. The van der Waals surface area contributed by atoms with E-state index in [4.69, 9.17) is 4.74 Å². The van der Waals surface area contributed by atoms with Gasteiger partial charge in [0.05, 0.1) is 18.4 Å². The first-order valence-corrected chi connectivity index (χ1v) is 9.23. The molecule has 27 heavy (non-hydrogen) atoms. The van der Waals surface area contributed by atoms with Gasteiger partial charge in [0, 0.05) is 38.1 Å². The third kappa shape index (κ3) is 5.35. The van der Waals surface area contributed by atoms with E-state index in [-0.39, 0.29) is 6.09 Å². The van der Waals surface area contributed by atoms with Crippen LogP contribution in [0.4, 0.5) is 16.3 Å². The van der Waals surface area contributed by atoms with Gasteiger partial charge in [-0.15, -0.1) is 0 Å². The van der Waals surface area contributed by atoms with Crippen LogP contribution in [0, 0.1) is 6.92 Å². The van der Waals surface area contributed by atoms with Crippen molar-refractivity contribution in [3.8, 4) is 0 Å². The van der Waals surface area contributed by atoms with Gasteiger partial charge < -0.3 is 24.8 Å². The number of nitrogens with zero attached hydrogens (tertiary/aromatic N) is 4. The molecule has 0 aromatic carbocycles. The third-order valence-corrected chi connectivity index (χ3v) is 4.24. The number of ether oxygens (including phenoxy) is 1. The molecule has 146 valence electrons. The number of carbonyl (C=O) groups excluding carboxylic acids is 1. The number of carbonyl (C=O) groups is 1. The first-order chi connectivity index (χ1) is 12.8. The van der Waals surface area contributed by atoms with Crippen LogP contribution in [0.1, 0.15) is 32.3 Å². The van der Waals surface area contributed by atoms with Crippen molar-refractivity contribution in [3.63, 3.8) is 0 Å². The minimum atomic E-state index is -0.463. The second-order valence-corrected chi connectivity index (χ2v) is 7.72. The summed E-state index contributed by atoms with van der Waals surface area (Å²) in [5.41, 5.74) is 1.63. The molecule has 0 unspecified atom stereocenters. The molecule has 0 bridgehead atoms. The van der Waals surface area contributed by atoms with Crippen molar-refractivity contribution < 1.29 is 9.53 Å². The summed E-state index contributed by atoms with van der Waals surface area (Å²) in [5, 5.41) is 3.26. The molecule has 1 aliphatic rings. The normalized spacial score (nSPS) is 15.0. The Labute approximate surface area is 159 Å².